The second-order valence-electron chi connectivity index (χ2n) is 4.75. The maximum absolute atomic E-state index is 5.38. The van der Waals surface area contributed by atoms with Crippen molar-refractivity contribution in [2.45, 2.75) is 6.92 Å². The zero-order chi connectivity index (χ0) is 14.2. The lowest BCUT2D eigenvalue weighted by atomic mass is 10.1. The van der Waals surface area contributed by atoms with Gasteiger partial charge in [-0.1, -0.05) is 23.4 Å². The van der Waals surface area contributed by atoms with E-state index < -0.39 is 0 Å². The highest BCUT2D eigenvalue weighted by Gasteiger charge is 2.12. The van der Waals surface area contributed by atoms with Crippen LogP contribution in [0.4, 0.5) is 0 Å². The molecule has 3 aromatic heterocycles. The zero-order valence-corrected chi connectivity index (χ0v) is 11.3. The second kappa shape index (κ2) is 4.52. The molecule has 6 heteroatoms. The van der Waals surface area contributed by atoms with E-state index in [1.165, 1.54) is 0 Å². The molecule has 6 nitrogen and oxygen atoms in total. The predicted octanol–water partition coefficient (Wildman–Crippen LogP) is 2.75. The van der Waals surface area contributed by atoms with Gasteiger partial charge >= 0.3 is 0 Å². The molecule has 0 saturated carbocycles. The van der Waals surface area contributed by atoms with Crippen LogP contribution < -0.4 is 0 Å². The van der Waals surface area contributed by atoms with E-state index in [0.29, 0.717) is 11.7 Å². The molecular weight excluding hydrogens is 266 g/mol. The van der Waals surface area contributed by atoms with Crippen molar-refractivity contribution in [3.05, 3.63) is 54.5 Å². The molecule has 0 aliphatic carbocycles. The van der Waals surface area contributed by atoms with E-state index in [2.05, 4.69) is 20.3 Å². The SMILES string of the molecule is Cc1ccccc1-c1nc(-c2ccc3nncn3c2)no1. The molecule has 4 aromatic rings. The van der Waals surface area contributed by atoms with E-state index in [4.69, 9.17) is 4.52 Å². The number of pyridine rings is 1. The van der Waals surface area contributed by atoms with Gasteiger partial charge in [0.25, 0.3) is 5.89 Å². The highest BCUT2D eigenvalue weighted by Crippen LogP contribution is 2.24. The Morgan fingerprint density at radius 2 is 2.00 bits per heavy atom. The third kappa shape index (κ3) is 1.97. The molecule has 0 fully saturated rings. The van der Waals surface area contributed by atoms with Crippen LogP contribution in [-0.2, 0) is 0 Å². The van der Waals surface area contributed by atoms with Crippen molar-refractivity contribution in [2.24, 2.45) is 0 Å². The van der Waals surface area contributed by atoms with Crippen LogP contribution in [0.5, 0.6) is 0 Å². The van der Waals surface area contributed by atoms with Crippen LogP contribution in [0.1, 0.15) is 5.56 Å². The predicted molar refractivity (Wildman–Crippen MR) is 76.5 cm³/mol. The number of hydrogen-bond acceptors (Lipinski definition) is 5. The molecule has 0 atom stereocenters. The van der Waals surface area contributed by atoms with E-state index in [0.717, 1.165) is 22.3 Å². The Hall–Kier alpha value is -3.02. The molecule has 4 rings (SSSR count). The highest BCUT2D eigenvalue weighted by molar-refractivity contribution is 5.62. The van der Waals surface area contributed by atoms with E-state index >= 15 is 0 Å². The summed E-state index contributed by atoms with van der Waals surface area (Å²) in [6, 6.07) is 11.7. The van der Waals surface area contributed by atoms with Crippen LogP contribution in [0, 0.1) is 6.92 Å². The number of rotatable bonds is 2. The summed E-state index contributed by atoms with van der Waals surface area (Å²) in [7, 11) is 0. The first kappa shape index (κ1) is 11.8. The summed E-state index contributed by atoms with van der Waals surface area (Å²) >= 11 is 0. The Balaban J connectivity index is 1.78. The Labute approximate surface area is 120 Å². The van der Waals surface area contributed by atoms with Crippen LogP contribution in [0.25, 0.3) is 28.5 Å². The molecule has 3 heterocycles. The van der Waals surface area contributed by atoms with Gasteiger partial charge < -0.3 is 4.52 Å². The van der Waals surface area contributed by atoms with Gasteiger partial charge in [-0.3, -0.25) is 4.40 Å². The molecule has 0 aliphatic rings. The standard InChI is InChI=1S/C15H11N5O/c1-10-4-2-3-5-12(10)15-17-14(19-21-15)11-6-7-13-18-16-9-20(13)8-11/h2-9H,1H3. The monoisotopic (exact) mass is 277 g/mol. The van der Waals surface area contributed by atoms with Crippen molar-refractivity contribution in [3.63, 3.8) is 0 Å². The van der Waals surface area contributed by atoms with E-state index in [9.17, 15) is 0 Å². The highest BCUT2D eigenvalue weighted by atomic mass is 16.5. The van der Waals surface area contributed by atoms with Crippen LogP contribution in [0.2, 0.25) is 0 Å². The summed E-state index contributed by atoms with van der Waals surface area (Å²) in [5.74, 6) is 1.07. The maximum Gasteiger partial charge on any atom is 0.258 e. The minimum absolute atomic E-state index is 0.520. The minimum atomic E-state index is 0.520. The molecular formula is C15H11N5O. The average Bonchev–Trinajstić information content (AvgIpc) is 3.16. The third-order valence-electron chi connectivity index (χ3n) is 3.35. The Morgan fingerprint density at radius 3 is 2.90 bits per heavy atom. The normalized spacial score (nSPS) is 11.1. The lowest BCUT2D eigenvalue weighted by molar-refractivity contribution is 0.432. The molecule has 21 heavy (non-hydrogen) atoms. The molecule has 0 aliphatic heterocycles. The molecule has 0 saturated heterocycles. The number of fused-ring (bicyclic) bond motifs is 1. The smallest absolute Gasteiger partial charge is 0.258 e. The third-order valence-corrected chi connectivity index (χ3v) is 3.35. The summed E-state index contributed by atoms with van der Waals surface area (Å²) in [6.45, 7) is 2.02. The molecule has 1 aromatic carbocycles. The van der Waals surface area contributed by atoms with E-state index in [1.807, 2.05) is 53.9 Å². The Morgan fingerprint density at radius 1 is 1.10 bits per heavy atom. The Kier molecular flexibility index (Phi) is 2.53. The number of aromatic nitrogens is 5. The average molecular weight is 277 g/mol. The van der Waals surface area contributed by atoms with Crippen molar-refractivity contribution in [1.82, 2.24) is 24.7 Å². The van der Waals surface area contributed by atoms with Gasteiger partial charge in [0, 0.05) is 17.3 Å². The van der Waals surface area contributed by atoms with Gasteiger partial charge in [-0.25, -0.2) is 0 Å². The quantitative estimate of drug-likeness (QED) is 0.563. The van der Waals surface area contributed by atoms with E-state index in [-0.39, 0.29) is 0 Å². The Bertz CT molecular complexity index is 924. The summed E-state index contributed by atoms with van der Waals surface area (Å²) < 4.78 is 7.20. The number of benzene rings is 1. The van der Waals surface area contributed by atoms with Gasteiger partial charge in [-0.2, -0.15) is 4.98 Å². The molecule has 0 unspecified atom stereocenters. The second-order valence-corrected chi connectivity index (χ2v) is 4.75. The zero-order valence-electron chi connectivity index (χ0n) is 11.3. The first-order valence-corrected chi connectivity index (χ1v) is 6.51. The summed E-state index contributed by atoms with van der Waals surface area (Å²) in [4.78, 5) is 4.47. The topological polar surface area (TPSA) is 69.1 Å². The molecule has 102 valence electrons. The van der Waals surface area contributed by atoms with Gasteiger partial charge in [0.2, 0.25) is 5.82 Å². The maximum atomic E-state index is 5.38. The fraction of sp³-hybridized carbons (Fsp3) is 0.0667. The van der Waals surface area contributed by atoms with Gasteiger partial charge in [0.05, 0.1) is 0 Å². The van der Waals surface area contributed by atoms with Gasteiger partial charge in [0.15, 0.2) is 5.65 Å². The number of hydrogen-bond donors (Lipinski definition) is 0. The first-order valence-electron chi connectivity index (χ1n) is 6.51. The fourth-order valence-corrected chi connectivity index (χ4v) is 2.22. The van der Waals surface area contributed by atoms with Crippen LogP contribution in [0.3, 0.4) is 0 Å². The van der Waals surface area contributed by atoms with Crippen molar-refractivity contribution in [3.8, 4) is 22.8 Å². The fourth-order valence-electron chi connectivity index (χ4n) is 2.22. The summed E-state index contributed by atoms with van der Waals surface area (Å²) in [5, 5.41) is 11.9. The first-order chi connectivity index (χ1) is 10.3. The van der Waals surface area contributed by atoms with Gasteiger partial charge in [0.1, 0.15) is 6.33 Å². The summed E-state index contributed by atoms with van der Waals surface area (Å²) in [6.07, 6.45) is 3.52. The lowest BCUT2D eigenvalue weighted by Gasteiger charge is -1.98. The molecule has 0 radical (unpaired) electrons. The largest absolute Gasteiger partial charge is 0.334 e. The van der Waals surface area contributed by atoms with E-state index in [1.54, 1.807) is 6.33 Å². The summed E-state index contributed by atoms with van der Waals surface area (Å²) in [5.41, 5.74) is 3.68. The van der Waals surface area contributed by atoms with Gasteiger partial charge in [-0.05, 0) is 30.7 Å². The van der Waals surface area contributed by atoms with Crippen molar-refractivity contribution >= 4 is 5.65 Å². The van der Waals surface area contributed by atoms with Crippen LogP contribution in [0.15, 0.2) is 53.4 Å². The number of aryl methyl sites for hydroxylation is 1. The molecule has 0 spiro atoms. The minimum Gasteiger partial charge on any atom is -0.334 e. The van der Waals surface area contributed by atoms with Crippen LogP contribution >= 0.6 is 0 Å². The molecule has 0 bridgehead atoms. The van der Waals surface area contributed by atoms with Gasteiger partial charge in [-0.15, -0.1) is 10.2 Å². The van der Waals surface area contributed by atoms with Crippen LogP contribution in [-0.4, -0.2) is 24.7 Å². The number of nitrogens with zero attached hydrogens (tertiary/aromatic N) is 5. The van der Waals surface area contributed by atoms with Crippen molar-refractivity contribution < 1.29 is 4.52 Å². The molecule has 0 amide bonds. The van der Waals surface area contributed by atoms with Crippen molar-refractivity contribution in [2.75, 3.05) is 0 Å². The lowest BCUT2D eigenvalue weighted by Crippen LogP contribution is -1.87. The van der Waals surface area contributed by atoms with Crippen molar-refractivity contribution in [1.29, 1.82) is 0 Å². The molecule has 0 N–H and O–H groups in total.